The first-order chi connectivity index (χ1) is 18.7. The predicted molar refractivity (Wildman–Crippen MR) is 156 cm³/mol. The van der Waals surface area contributed by atoms with E-state index in [0.717, 1.165) is 37.7 Å². The van der Waals surface area contributed by atoms with Crippen molar-refractivity contribution >= 4 is 40.7 Å². The van der Waals surface area contributed by atoms with Gasteiger partial charge in [0, 0.05) is 31.5 Å². The molecule has 0 bridgehead atoms. The topological polar surface area (TPSA) is 82.1 Å². The molecule has 0 spiro atoms. The first kappa shape index (κ1) is 29.7. The van der Waals surface area contributed by atoms with Gasteiger partial charge in [-0.15, -0.1) is 0 Å². The van der Waals surface area contributed by atoms with E-state index in [4.69, 9.17) is 27.9 Å². The number of aliphatic hydroxyl groups excluding tert-OH is 1. The molecule has 4 rings (SSSR count). The molecule has 2 aliphatic rings. The van der Waals surface area contributed by atoms with Crippen LogP contribution in [0.4, 0.5) is 5.69 Å². The summed E-state index contributed by atoms with van der Waals surface area (Å²) in [7, 11) is 2.01. The highest BCUT2D eigenvalue weighted by molar-refractivity contribution is 6.42. The number of benzene rings is 2. The highest BCUT2D eigenvalue weighted by atomic mass is 35.5. The second-order valence-electron chi connectivity index (χ2n) is 11.1. The number of likely N-dealkylation sites (N-methyl/N-ethyl adjacent to an activating group) is 1. The number of fused-ring (bicyclic) bond motifs is 1. The molecule has 3 atom stereocenters. The van der Waals surface area contributed by atoms with Gasteiger partial charge in [0.2, 0.25) is 5.91 Å². The third-order valence-electron chi connectivity index (χ3n) is 7.85. The van der Waals surface area contributed by atoms with Crippen LogP contribution in [0.1, 0.15) is 61.9 Å². The number of hydrogen-bond acceptors (Lipinski definition) is 5. The highest BCUT2D eigenvalue weighted by Crippen LogP contribution is 2.36. The van der Waals surface area contributed by atoms with Gasteiger partial charge >= 0.3 is 0 Å². The molecule has 2 aromatic rings. The highest BCUT2D eigenvalue weighted by Gasteiger charge is 2.35. The number of anilines is 1. The summed E-state index contributed by atoms with van der Waals surface area (Å²) in [5, 5.41) is 14.0. The number of ether oxygens (including phenoxy) is 1. The van der Waals surface area contributed by atoms with Crippen molar-refractivity contribution in [2.45, 2.75) is 64.6 Å². The van der Waals surface area contributed by atoms with Crippen LogP contribution in [0.2, 0.25) is 10.0 Å². The standard InChI is InChI=1S/C30H39Cl2N3O4/c1-19-15-35(20(2)18-36)30(38)23-10-7-11-26(33-29(37)22-8-5-4-6-9-22)28(23)39-27(19)17-34(3)16-21-12-13-24(31)25(32)14-21/h7,10-14,19-20,22,27,36H,4-6,8-9,15-18H2,1-3H3,(H,33,37)/t19-,20-,27+/m1/s1. The molecule has 2 amide bonds. The van der Waals surface area contributed by atoms with Crippen molar-refractivity contribution in [2.75, 3.05) is 32.1 Å². The summed E-state index contributed by atoms with van der Waals surface area (Å²) in [6.45, 7) is 5.38. The molecule has 7 nitrogen and oxygen atoms in total. The van der Waals surface area contributed by atoms with Gasteiger partial charge in [0.1, 0.15) is 6.10 Å². The van der Waals surface area contributed by atoms with E-state index < -0.39 is 0 Å². The SMILES string of the molecule is C[C@@H]1CN([C@H](C)CO)C(=O)c2cccc(NC(=O)C3CCCCC3)c2O[C@H]1CN(C)Cc1ccc(Cl)c(Cl)c1. The lowest BCUT2D eigenvalue weighted by Gasteiger charge is -2.38. The van der Waals surface area contributed by atoms with Crippen LogP contribution in [0, 0.1) is 11.8 Å². The van der Waals surface area contributed by atoms with Gasteiger partial charge in [0.25, 0.3) is 5.91 Å². The summed E-state index contributed by atoms with van der Waals surface area (Å²) in [5.41, 5.74) is 1.93. The Morgan fingerprint density at radius 2 is 1.92 bits per heavy atom. The van der Waals surface area contributed by atoms with E-state index >= 15 is 0 Å². The predicted octanol–water partition coefficient (Wildman–Crippen LogP) is 5.86. The molecule has 1 heterocycles. The van der Waals surface area contributed by atoms with E-state index in [1.807, 2.05) is 26.1 Å². The van der Waals surface area contributed by atoms with Crippen LogP contribution in [-0.4, -0.2) is 65.6 Å². The second-order valence-corrected chi connectivity index (χ2v) is 11.9. The minimum atomic E-state index is -0.360. The van der Waals surface area contributed by atoms with Crippen molar-refractivity contribution in [1.29, 1.82) is 0 Å². The summed E-state index contributed by atoms with van der Waals surface area (Å²) >= 11 is 12.3. The largest absolute Gasteiger partial charge is 0.486 e. The zero-order valence-corrected chi connectivity index (χ0v) is 24.5. The van der Waals surface area contributed by atoms with E-state index in [2.05, 4.69) is 17.1 Å². The Balaban J connectivity index is 1.63. The Hall–Kier alpha value is -2.32. The Morgan fingerprint density at radius 1 is 1.18 bits per heavy atom. The van der Waals surface area contributed by atoms with Crippen LogP contribution in [-0.2, 0) is 11.3 Å². The number of carbonyl (C=O) groups excluding carboxylic acids is 2. The number of carbonyl (C=O) groups is 2. The van der Waals surface area contributed by atoms with E-state index in [1.54, 1.807) is 29.2 Å². The fraction of sp³-hybridized carbons (Fsp3) is 0.533. The zero-order valence-electron chi connectivity index (χ0n) is 23.0. The number of aliphatic hydroxyl groups is 1. The second kappa shape index (κ2) is 13.4. The molecule has 0 saturated heterocycles. The van der Waals surface area contributed by atoms with Gasteiger partial charge in [0.05, 0.1) is 33.9 Å². The molecule has 9 heteroatoms. The normalized spacial score (nSPS) is 21.1. The van der Waals surface area contributed by atoms with E-state index in [1.165, 1.54) is 0 Å². The Labute approximate surface area is 241 Å². The number of rotatable bonds is 8. The van der Waals surface area contributed by atoms with E-state index in [0.29, 0.717) is 46.7 Å². The Kier molecular flexibility index (Phi) is 10.2. The molecule has 2 N–H and O–H groups in total. The monoisotopic (exact) mass is 575 g/mol. The van der Waals surface area contributed by atoms with Gasteiger partial charge in [-0.3, -0.25) is 14.5 Å². The third-order valence-corrected chi connectivity index (χ3v) is 8.59. The van der Waals surface area contributed by atoms with E-state index in [9.17, 15) is 14.7 Å². The summed E-state index contributed by atoms with van der Waals surface area (Å²) in [5.74, 6) is 0.0745. The zero-order chi connectivity index (χ0) is 28.1. The fourth-order valence-electron chi connectivity index (χ4n) is 5.48. The number of hydrogen-bond donors (Lipinski definition) is 2. The molecule has 0 unspecified atom stereocenters. The van der Waals surface area contributed by atoms with Crippen molar-refractivity contribution in [1.82, 2.24) is 9.80 Å². The first-order valence-corrected chi connectivity index (χ1v) is 14.6. The first-order valence-electron chi connectivity index (χ1n) is 13.8. The van der Waals surface area contributed by atoms with Crippen molar-refractivity contribution < 1.29 is 19.4 Å². The lowest BCUT2D eigenvalue weighted by Crippen LogP contribution is -2.49. The van der Waals surface area contributed by atoms with Gasteiger partial charge in [-0.2, -0.15) is 0 Å². The summed E-state index contributed by atoms with van der Waals surface area (Å²) in [6.07, 6.45) is 4.74. The lowest BCUT2D eigenvalue weighted by atomic mass is 9.88. The molecule has 2 aromatic carbocycles. The molecule has 1 aliphatic carbocycles. The molecule has 0 radical (unpaired) electrons. The summed E-state index contributed by atoms with van der Waals surface area (Å²) in [4.78, 5) is 30.7. The lowest BCUT2D eigenvalue weighted by molar-refractivity contribution is -0.120. The number of nitrogens with zero attached hydrogens (tertiary/aromatic N) is 2. The van der Waals surface area contributed by atoms with Crippen LogP contribution < -0.4 is 10.1 Å². The van der Waals surface area contributed by atoms with Gasteiger partial charge in [-0.25, -0.2) is 0 Å². The van der Waals surface area contributed by atoms with Crippen LogP contribution in [0.5, 0.6) is 5.75 Å². The van der Waals surface area contributed by atoms with Crippen LogP contribution >= 0.6 is 23.2 Å². The van der Waals surface area contributed by atoms with Gasteiger partial charge in [-0.1, -0.05) is 61.5 Å². The van der Waals surface area contributed by atoms with Crippen molar-refractivity contribution in [2.24, 2.45) is 11.8 Å². The van der Waals surface area contributed by atoms with Crippen molar-refractivity contribution in [3.05, 3.63) is 57.6 Å². The fourth-order valence-corrected chi connectivity index (χ4v) is 5.80. The molecule has 1 fully saturated rings. The number of para-hydroxylation sites is 1. The molecule has 39 heavy (non-hydrogen) atoms. The molecular formula is C30H39Cl2N3O4. The van der Waals surface area contributed by atoms with Gasteiger partial charge in [-0.05, 0) is 56.6 Å². The average molecular weight is 577 g/mol. The van der Waals surface area contributed by atoms with E-state index in [-0.39, 0.29) is 42.4 Å². The van der Waals surface area contributed by atoms with Crippen LogP contribution in [0.3, 0.4) is 0 Å². The third kappa shape index (κ3) is 7.26. The molecule has 212 valence electrons. The maximum absolute atomic E-state index is 13.7. The minimum Gasteiger partial charge on any atom is -0.486 e. The average Bonchev–Trinajstić information content (AvgIpc) is 2.93. The quantitative estimate of drug-likeness (QED) is 0.411. The Morgan fingerprint density at radius 3 is 2.62 bits per heavy atom. The van der Waals surface area contributed by atoms with Gasteiger partial charge in [0.15, 0.2) is 5.75 Å². The van der Waals surface area contributed by atoms with Crippen LogP contribution in [0.15, 0.2) is 36.4 Å². The summed E-state index contributed by atoms with van der Waals surface area (Å²) < 4.78 is 6.64. The number of nitrogens with one attached hydrogen (secondary N) is 1. The van der Waals surface area contributed by atoms with Crippen molar-refractivity contribution in [3.63, 3.8) is 0 Å². The molecule has 1 aliphatic heterocycles. The van der Waals surface area contributed by atoms with Crippen molar-refractivity contribution in [3.8, 4) is 5.75 Å². The smallest absolute Gasteiger partial charge is 0.258 e. The van der Waals surface area contributed by atoms with Gasteiger partial charge < -0.3 is 20.1 Å². The number of halogens is 2. The summed E-state index contributed by atoms with van der Waals surface area (Å²) in [6, 6.07) is 10.5. The molecular weight excluding hydrogens is 537 g/mol. The number of amides is 2. The maximum atomic E-state index is 13.7. The Bertz CT molecular complexity index is 1170. The molecule has 0 aromatic heterocycles. The minimum absolute atomic E-state index is 0.0249. The molecule has 1 saturated carbocycles. The van der Waals surface area contributed by atoms with Crippen LogP contribution in [0.25, 0.3) is 0 Å². The maximum Gasteiger partial charge on any atom is 0.258 e.